The molecule has 1 heterocycles. The van der Waals surface area contributed by atoms with Crippen LogP contribution >= 0.6 is 0 Å². The van der Waals surface area contributed by atoms with Gasteiger partial charge in [-0.3, -0.25) is 0 Å². The van der Waals surface area contributed by atoms with Crippen LogP contribution in [0.2, 0.25) is 0 Å². The number of ether oxygens (including phenoxy) is 4. The van der Waals surface area contributed by atoms with Gasteiger partial charge in [-0.25, -0.2) is 4.79 Å². The van der Waals surface area contributed by atoms with Crippen molar-refractivity contribution in [3.05, 3.63) is 17.7 Å². The standard InChI is InChI=1S/C17H25BO7/c1-16(2)17(3,4)25-18(24-16)14-12(15(19)22-7)8-11(21-6)9-13(14)23-10-20-5/h8-9H,10H2,1-7H3. The molecule has 1 fully saturated rings. The second kappa shape index (κ2) is 7.23. The SMILES string of the molecule is COCOc1cc(OC)cc(C(=O)OC)c1B1OC(C)(C)C(C)(C)O1. The fraction of sp³-hybridized carbons (Fsp3) is 0.588. The predicted octanol–water partition coefficient (Wildman–Crippen LogP) is 1.76. The zero-order chi connectivity index (χ0) is 18.8. The first-order valence-electron chi connectivity index (χ1n) is 7.94. The van der Waals surface area contributed by atoms with Gasteiger partial charge in [0.1, 0.15) is 11.5 Å². The maximum Gasteiger partial charge on any atom is 0.499 e. The lowest BCUT2D eigenvalue weighted by molar-refractivity contribution is 0.00578. The molecule has 2 rings (SSSR count). The van der Waals surface area contributed by atoms with Gasteiger partial charge in [-0.05, 0) is 33.8 Å². The molecule has 0 unspecified atom stereocenters. The summed E-state index contributed by atoms with van der Waals surface area (Å²) in [6.45, 7) is 7.74. The third-order valence-electron chi connectivity index (χ3n) is 4.58. The van der Waals surface area contributed by atoms with E-state index in [9.17, 15) is 4.79 Å². The Morgan fingerprint density at radius 3 is 2.16 bits per heavy atom. The Morgan fingerprint density at radius 2 is 1.68 bits per heavy atom. The van der Waals surface area contributed by atoms with Gasteiger partial charge in [0.25, 0.3) is 0 Å². The van der Waals surface area contributed by atoms with Crippen LogP contribution in [0.1, 0.15) is 38.1 Å². The molecule has 1 aliphatic rings. The van der Waals surface area contributed by atoms with E-state index in [1.165, 1.54) is 21.3 Å². The summed E-state index contributed by atoms with van der Waals surface area (Å²) in [5, 5.41) is 0. The van der Waals surface area contributed by atoms with E-state index in [4.69, 9.17) is 28.3 Å². The summed E-state index contributed by atoms with van der Waals surface area (Å²) in [7, 11) is 3.53. The molecule has 0 radical (unpaired) electrons. The van der Waals surface area contributed by atoms with E-state index in [0.717, 1.165) is 0 Å². The van der Waals surface area contributed by atoms with Gasteiger partial charge in [0.15, 0.2) is 6.79 Å². The first-order valence-corrected chi connectivity index (χ1v) is 7.94. The summed E-state index contributed by atoms with van der Waals surface area (Å²) in [6, 6.07) is 3.23. The van der Waals surface area contributed by atoms with Crippen LogP contribution in [0.25, 0.3) is 0 Å². The number of rotatable bonds is 6. The van der Waals surface area contributed by atoms with Crippen molar-refractivity contribution in [2.24, 2.45) is 0 Å². The molecular weight excluding hydrogens is 327 g/mol. The lowest BCUT2D eigenvalue weighted by Gasteiger charge is -2.32. The summed E-state index contributed by atoms with van der Waals surface area (Å²) in [4.78, 5) is 12.3. The molecule has 0 atom stereocenters. The molecule has 0 spiro atoms. The molecule has 1 aliphatic heterocycles. The normalized spacial score (nSPS) is 18.1. The summed E-state index contributed by atoms with van der Waals surface area (Å²) in [6.07, 6.45) is 0. The number of esters is 1. The van der Waals surface area contributed by atoms with Crippen molar-refractivity contribution in [1.82, 2.24) is 0 Å². The van der Waals surface area contributed by atoms with Crippen molar-refractivity contribution in [2.45, 2.75) is 38.9 Å². The first kappa shape index (κ1) is 19.6. The van der Waals surface area contributed by atoms with Crippen molar-refractivity contribution in [1.29, 1.82) is 0 Å². The van der Waals surface area contributed by atoms with Crippen molar-refractivity contribution >= 4 is 18.6 Å². The molecule has 7 nitrogen and oxygen atoms in total. The minimum atomic E-state index is -0.795. The van der Waals surface area contributed by atoms with Crippen LogP contribution in [0.15, 0.2) is 12.1 Å². The summed E-state index contributed by atoms with van der Waals surface area (Å²) >= 11 is 0. The van der Waals surface area contributed by atoms with Crippen molar-refractivity contribution in [2.75, 3.05) is 28.1 Å². The third-order valence-corrected chi connectivity index (χ3v) is 4.58. The number of benzene rings is 1. The van der Waals surface area contributed by atoms with Gasteiger partial charge < -0.3 is 28.3 Å². The maximum absolute atomic E-state index is 12.3. The molecule has 138 valence electrons. The first-order chi connectivity index (χ1) is 11.7. The lowest BCUT2D eigenvalue weighted by atomic mass is 9.75. The highest BCUT2D eigenvalue weighted by molar-refractivity contribution is 6.64. The van der Waals surface area contributed by atoms with E-state index >= 15 is 0 Å². The number of methoxy groups -OCH3 is 3. The van der Waals surface area contributed by atoms with Crippen LogP contribution in [0, 0.1) is 0 Å². The van der Waals surface area contributed by atoms with Crippen LogP contribution in [0.4, 0.5) is 0 Å². The maximum atomic E-state index is 12.3. The van der Waals surface area contributed by atoms with Crippen molar-refractivity contribution in [3.63, 3.8) is 0 Å². The Bertz CT molecular complexity index is 626. The van der Waals surface area contributed by atoms with E-state index in [1.807, 2.05) is 27.7 Å². The monoisotopic (exact) mass is 352 g/mol. The molecule has 0 aromatic heterocycles. The minimum absolute atomic E-state index is 0.000284. The smallest absolute Gasteiger partial charge is 0.497 e. The molecular formula is C17H25BO7. The van der Waals surface area contributed by atoms with Crippen LogP contribution in [0.5, 0.6) is 11.5 Å². The molecule has 1 aromatic rings. The molecule has 1 saturated heterocycles. The average molecular weight is 352 g/mol. The predicted molar refractivity (Wildman–Crippen MR) is 92.6 cm³/mol. The molecule has 0 saturated carbocycles. The van der Waals surface area contributed by atoms with Crippen molar-refractivity contribution < 1.29 is 33.1 Å². The Hall–Kier alpha value is -1.77. The van der Waals surface area contributed by atoms with Crippen LogP contribution in [0.3, 0.4) is 0 Å². The van der Waals surface area contributed by atoms with Crippen LogP contribution in [-0.2, 0) is 18.8 Å². The van der Waals surface area contributed by atoms with Crippen LogP contribution < -0.4 is 14.9 Å². The van der Waals surface area contributed by atoms with Crippen molar-refractivity contribution in [3.8, 4) is 11.5 Å². The average Bonchev–Trinajstić information content (AvgIpc) is 2.78. The number of carbonyl (C=O) groups is 1. The molecule has 0 bridgehead atoms. The Labute approximate surface area is 148 Å². The third kappa shape index (κ3) is 3.76. The minimum Gasteiger partial charge on any atom is -0.497 e. The molecule has 1 aromatic carbocycles. The quantitative estimate of drug-likeness (QED) is 0.439. The van der Waals surface area contributed by atoms with Gasteiger partial charge in [-0.2, -0.15) is 0 Å². The van der Waals surface area contributed by atoms with Gasteiger partial charge in [-0.15, -0.1) is 0 Å². The second-order valence-corrected chi connectivity index (χ2v) is 6.72. The Kier molecular flexibility index (Phi) is 5.66. The zero-order valence-corrected chi connectivity index (χ0v) is 15.8. The van der Waals surface area contributed by atoms with Gasteiger partial charge in [0.05, 0.1) is 31.0 Å². The Balaban J connectivity index is 2.58. The van der Waals surface area contributed by atoms with E-state index in [2.05, 4.69) is 0 Å². The Morgan fingerprint density at radius 1 is 1.08 bits per heavy atom. The lowest BCUT2D eigenvalue weighted by Crippen LogP contribution is -2.41. The number of hydrogen-bond donors (Lipinski definition) is 0. The van der Waals surface area contributed by atoms with Gasteiger partial charge in [0.2, 0.25) is 0 Å². The highest BCUT2D eigenvalue weighted by Gasteiger charge is 2.53. The molecule has 8 heteroatoms. The summed E-state index contributed by atoms with van der Waals surface area (Å²) < 4.78 is 33.0. The van der Waals surface area contributed by atoms with E-state index < -0.39 is 24.3 Å². The zero-order valence-electron chi connectivity index (χ0n) is 15.8. The highest BCUT2D eigenvalue weighted by Crippen LogP contribution is 2.38. The molecule has 0 N–H and O–H groups in total. The summed E-state index contributed by atoms with van der Waals surface area (Å²) in [5.41, 5.74) is -0.428. The largest absolute Gasteiger partial charge is 0.499 e. The van der Waals surface area contributed by atoms with Gasteiger partial charge in [-0.1, -0.05) is 0 Å². The summed E-state index contributed by atoms with van der Waals surface area (Å²) in [5.74, 6) is 0.290. The van der Waals surface area contributed by atoms with Crippen LogP contribution in [-0.4, -0.2) is 52.4 Å². The number of carbonyl (C=O) groups excluding carboxylic acids is 1. The number of hydrogen-bond acceptors (Lipinski definition) is 7. The van der Waals surface area contributed by atoms with E-state index in [1.54, 1.807) is 12.1 Å². The molecule has 0 aliphatic carbocycles. The van der Waals surface area contributed by atoms with Gasteiger partial charge in [0, 0.05) is 18.6 Å². The molecule has 0 amide bonds. The van der Waals surface area contributed by atoms with Gasteiger partial charge >= 0.3 is 13.1 Å². The fourth-order valence-corrected chi connectivity index (χ4v) is 2.44. The fourth-order valence-electron chi connectivity index (χ4n) is 2.44. The second-order valence-electron chi connectivity index (χ2n) is 6.72. The van der Waals surface area contributed by atoms with E-state index in [0.29, 0.717) is 17.0 Å². The topological polar surface area (TPSA) is 72.5 Å². The highest BCUT2D eigenvalue weighted by atomic mass is 16.7. The molecule has 25 heavy (non-hydrogen) atoms. The van der Waals surface area contributed by atoms with E-state index in [-0.39, 0.29) is 12.4 Å².